The van der Waals surface area contributed by atoms with Crippen molar-refractivity contribution in [1.29, 1.82) is 0 Å². The van der Waals surface area contributed by atoms with E-state index in [0.717, 1.165) is 19.3 Å². The van der Waals surface area contributed by atoms with Gasteiger partial charge in [0.2, 0.25) is 0 Å². The minimum Gasteiger partial charge on any atom is -0.507 e. The highest BCUT2D eigenvalue weighted by Crippen LogP contribution is 2.66. The van der Waals surface area contributed by atoms with Gasteiger partial charge in [0.15, 0.2) is 0 Å². The molecule has 5 aliphatic rings. The number of aromatic hydroxyl groups is 3. The SMILES string of the molecule is CC1(C)CC2CC1[C@H](c1c(O)cc(O)c(C3CC(=O)[C@@H]4C[C@H]3C4(C)C)c1O)CC2=O. The van der Waals surface area contributed by atoms with Gasteiger partial charge in [0.05, 0.1) is 0 Å². The molecule has 5 aliphatic carbocycles. The molecule has 5 nitrogen and oxygen atoms in total. The first kappa shape index (κ1) is 19.9. The number of fused-ring (bicyclic) bond motifs is 4. The molecule has 0 spiro atoms. The molecule has 30 heavy (non-hydrogen) atoms. The van der Waals surface area contributed by atoms with E-state index in [-0.39, 0.29) is 75.2 Å². The number of rotatable bonds is 2. The van der Waals surface area contributed by atoms with Crippen LogP contribution < -0.4 is 0 Å². The summed E-state index contributed by atoms with van der Waals surface area (Å²) in [4.78, 5) is 25.4. The lowest BCUT2D eigenvalue weighted by Crippen LogP contribution is -2.56. The van der Waals surface area contributed by atoms with Gasteiger partial charge >= 0.3 is 0 Å². The monoisotopic (exact) mass is 412 g/mol. The Labute approximate surface area is 177 Å². The number of Topliss-reactive ketones (excluding diaryl/α,β-unsaturated/α-hetero) is 2. The third kappa shape index (κ3) is 2.47. The maximum Gasteiger partial charge on any atom is 0.137 e. The molecule has 1 aromatic rings. The largest absolute Gasteiger partial charge is 0.507 e. The molecule has 6 rings (SSSR count). The Bertz CT molecular complexity index is 959. The van der Waals surface area contributed by atoms with Gasteiger partial charge in [-0.15, -0.1) is 0 Å². The van der Waals surface area contributed by atoms with Crippen molar-refractivity contribution in [3.63, 3.8) is 0 Å². The van der Waals surface area contributed by atoms with Crippen molar-refractivity contribution in [3.05, 3.63) is 17.2 Å². The molecule has 0 saturated heterocycles. The molecule has 162 valence electrons. The average molecular weight is 413 g/mol. The van der Waals surface area contributed by atoms with E-state index in [4.69, 9.17) is 0 Å². The number of phenols is 3. The Morgan fingerprint density at radius 3 is 1.97 bits per heavy atom. The third-order valence-electron chi connectivity index (χ3n) is 9.39. The topological polar surface area (TPSA) is 94.8 Å². The summed E-state index contributed by atoms with van der Waals surface area (Å²) < 4.78 is 0. The molecular weight excluding hydrogens is 380 g/mol. The molecule has 1 aromatic carbocycles. The molecule has 0 amide bonds. The van der Waals surface area contributed by atoms with Crippen LogP contribution in [0.25, 0.3) is 0 Å². The van der Waals surface area contributed by atoms with Crippen LogP contribution in [0.3, 0.4) is 0 Å². The van der Waals surface area contributed by atoms with Gasteiger partial charge in [-0.25, -0.2) is 0 Å². The minimum absolute atomic E-state index is 0.0532. The van der Waals surface area contributed by atoms with E-state index >= 15 is 0 Å². The minimum atomic E-state index is -0.271. The highest BCUT2D eigenvalue weighted by Gasteiger charge is 2.60. The summed E-state index contributed by atoms with van der Waals surface area (Å²) in [7, 11) is 0. The summed E-state index contributed by atoms with van der Waals surface area (Å²) in [5.74, 6) is -0.0318. The second kappa shape index (κ2) is 6.02. The van der Waals surface area contributed by atoms with E-state index in [1.165, 1.54) is 6.07 Å². The van der Waals surface area contributed by atoms with Crippen molar-refractivity contribution in [1.82, 2.24) is 0 Å². The number of carbonyl (C=O) groups excluding carboxylic acids is 2. The second-order valence-electron chi connectivity index (χ2n) is 11.6. The molecule has 0 aliphatic heterocycles. The van der Waals surface area contributed by atoms with E-state index in [1.54, 1.807) is 0 Å². The van der Waals surface area contributed by atoms with Gasteiger partial charge in [0.25, 0.3) is 0 Å². The number of ketones is 2. The van der Waals surface area contributed by atoms with Gasteiger partial charge in [0.1, 0.15) is 28.8 Å². The van der Waals surface area contributed by atoms with E-state index in [9.17, 15) is 24.9 Å². The van der Waals surface area contributed by atoms with Crippen molar-refractivity contribution in [2.24, 2.45) is 34.5 Å². The predicted octanol–water partition coefficient (Wildman–Crippen LogP) is 4.63. The molecule has 6 atom stereocenters. The predicted molar refractivity (Wildman–Crippen MR) is 112 cm³/mol. The van der Waals surface area contributed by atoms with Crippen LogP contribution in [-0.2, 0) is 9.59 Å². The van der Waals surface area contributed by atoms with Crippen molar-refractivity contribution < 1.29 is 24.9 Å². The lowest BCUT2D eigenvalue weighted by Gasteiger charge is -2.59. The number of hydrogen-bond acceptors (Lipinski definition) is 5. The fourth-order valence-electron chi connectivity index (χ4n) is 7.68. The van der Waals surface area contributed by atoms with Crippen molar-refractivity contribution >= 4 is 11.6 Å². The summed E-state index contributed by atoms with van der Waals surface area (Å²) >= 11 is 0. The highest BCUT2D eigenvalue weighted by atomic mass is 16.3. The van der Waals surface area contributed by atoms with Crippen molar-refractivity contribution in [2.45, 2.75) is 71.6 Å². The normalized spacial score (nSPS) is 38.4. The number of benzene rings is 1. The maximum absolute atomic E-state index is 12.7. The Balaban J connectivity index is 1.62. The molecule has 5 saturated carbocycles. The first-order valence-electron chi connectivity index (χ1n) is 11.3. The fourth-order valence-corrected chi connectivity index (χ4v) is 7.68. The summed E-state index contributed by atoms with van der Waals surface area (Å²) in [5, 5.41) is 32.9. The zero-order chi connectivity index (χ0) is 21.7. The number of hydrogen-bond donors (Lipinski definition) is 3. The summed E-state index contributed by atoms with van der Waals surface area (Å²) in [6, 6.07) is 1.31. The van der Waals surface area contributed by atoms with Gasteiger partial charge in [-0.2, -0.15) is 0 Å². The number of phenolic OH excluding ortho intramolecular Hbond substituents is 3. The van der Waals surface area contributed by atoms with Crippen LogP contribution in [0.1, 0.15) is 82.8 Å². The highest BCUT2D eigenvalue weighted by molar-refractivity contribution is 5.87. The van der Waals surface area contributed by atoms with Crippen LogP contribution in [0.2, 0.25) is 0 Å². The lowest BCUT2D eigenvalue weighted by molar-refractivity contribution is -0.151. The molecule has 0 radical (unpaired) electrons. The lowest BCUT2D eigenvalue weighted by atomic mass is 9.44. The van der Waals surface area contributed by atoms with Crippen LogP contribution in [-0.4, -0.2) is 26.9 Å². The van der Waals surface area contributed by atoms with Gasteiger partial charge in [-0.3, -0.25) is 9.59 Å². The molecule has 5 fully saturated rings. The molecule has 0 heterocycles. The van der Waals surface area contributed by atoms with E-state index < -0.39 is 0 Å². The quantitative estimate of drug-likeness (QED) is 0.658. The van der Waals surface area contributed by atoms with Crippen LogP contribution in [0.4, 0.5) is 0 Å². The van der Waals surface area contributed by atoms with Crippen LogP contribution in [0.5, 0.6) is 17.2 Å². The van der Waals surface area contributed by atoms with E-state index in [2.05, 4.69) is 27.7 Å². The Morgan fingerprint density at radius 2 is 1.40 bits per heavy atom. The van der Waals surface area contributed by atoms with Gasteiger partial charge in [-0.1, -0.05) is 27.7 Å². The second-order valence-corrected chi connectivity index (χ2v) is 11.6. The standard InChI is InChI=1S/C25H32O5/c1-24(2)10-11-5-14(24)12(6-17(11)26)21-19(28)9-20(29)22(23(21)30)13-7-18(27)16-8-15(13)25(16,3)4/h9,11-16,28-30H,5-8,10H2,1-4H3/t11?,12-,13?,14?,15-,16+/m1/s1. The smallest absolute Gasteiger partial charge is 0.137 e. The van der Waals surface area contributed by atoms with Crippen LogP contribution in [0.15, 0.2) is 6.07 Å². The van der Waals surface area contributed by atoms with Gasteiger partial charge in [-0.05, 0) is 41.9 Å². The average Bonchev–Trinajstić information content (AvgIpc) is 2.90. The molecule has 0 aromatic heterocycles. The third-order valence-corrected chi connectivity index (χ3v) is 9.39. The molecule has 4 bridgehead atoms. The molecule has 5 heteroatoms. The molecule has 3 N–H and O–H groups in total. The first-order chi connectivity index (χ1) is 13.9. The van der Waals surface area contributed by atoms with Gasteiger partial charge in [0, 0.05) is 53.7 Å². The van der Waals surface area contributed by atoms with Crippen molar-refractivity contribution in [3.8, 4) is 17.2 Å². The molecular formula is C25H32O5. The van der Waals surface area contributed by atoms with E-state index in [1.807, 2.05) is 0 Å². The summed E-state index contributed by atoms with van der Waals surface area (Å²) in [6.07, 6.45) is 3.03. The molecule has 3 unspecified atom stereocenters. The van der Waals surface area contributed by atoms with Crippen LogP contribution >= 0.6 is 0 Å². The zero-order valence-corrected chi connectivity index (χ0v) is 18.2. The Hall–Kier alpha value is -2.04. The van der Waals surface area contributed by atoms with E-state index in [0.29, 0.717) is 24.0 Å². The van der Waals surface area contributed by atoms with Gasteiger partial charge < -0.3 is 15.3 Å². The maximum atomic E-state index is 12.7. The zero-order valence-electron chi connectivity index (χ0n) is 18.2. The Morgan fingerprint density at radius 1 is 0.833 bits per heavy atom. The Kier molecular flexibility index (Phi) is 3.99. The summed E-state index contributed by atoms with van der Waals surface area (Å²) in [6.45, 7) is 8.50. The van der Waals surface area contributed by atoms with Crippen LogP contribution in [0, 0.1) is 34.5 Å². The van der Waals surface area contributed by atoms with Crippen molar-refractivity contribution in [2.75, 3.05) is 0 Å². The number of carbonyl (C=O) groups is 2. The summed E-state index contributed by atoms with van der Waals surface area (Å²) in [5.41, 5.74) is 0.569. The fraction of sp³-hybridized carbons (Fsp3) is 0.680. The first-order valence-corrected chi connectivity index (χ1v) is 11.3.